The third-order valence-corrected chi connectivity index (χ3v) is 3.82. The number of aromatic nitrogens is 1. The number of nitro benzene ring substituents is 1. The fourth-order valence-corrected chi connectivity index (χ4v) is 2.85. The molecule has 2 heterocycles. The van der Waals surface area contributed by atoms with E-state index in [4.69, 9.17) is 4.42 Å². The van der Waals surface area contributed by atoms with Gasteiger partial charge in [-0.05, 0) is 41.8 Å². The van der Waals surface area contributed by atoms with Crippen molar-refractivity contribution in [2.45, 2.75) is 19.4 Å². The van der Waals surface area contributed by atoms with E-state index < -0.39 is 4.92 Å². The molecule has 2 aromatic heterocycles. The van der Waals surface area contributed by atoms with E-state index in [-0.39, 0.29) is 17.2 Å². The van der Waals surface area contributed by atoms with Crippen molar-refractivity contribution in [3.8, 4) is 0 Å². The molecule has 3 rings (SSSR count). The Morgan fingerprint density at radius 1 is 1.48 bits per heavy atom. The maximum atomic E-state index is 11.0. The van der Waals surface area contributed by atoms with Gasteiger partial charge in [0.1, 0.15) is 0 Å². The van der Waals surface area contributed by atoms with Gasteiger partial charge in [0.15, 0.2) is 11.1 Å². The molecule has 0 radical (unpaired) electrons. The Bertz CT molecular complexity index is 767. The number of nitro groups is 1. The van der Waals surface area contributed by atoms with E-state index in [0.717, 1.165) is 6.42 Å². The Labute approximate surface area is 124 Å². The van der Waals surface area contributed by atoms with Crippen LogP contribution >= 0.6 is 11.3 Å². The summed E-state index contributed by atoms with van der Waals surface area (Å²) in [7, 11) is 0. The van der Waals surface area contributed by atoms with Crippen molar-refractivity contribution in [3.05, 3.63) is 50.7 Å². The monoisotopic (exact) mass is 303 g/mol. The van der Waals surface area contributed by atoms with Crippen LogP contribution in [0.4, 0.5) is 11.7 Å². The second kappa shape index (κ2) is 5.53. The Morgan fingerprint density at radius 3 is 3.05 bits per heavy atom. The topological polar surface area (TPSA) is 81.2 Å². The van der Waals surface area contributed by atoms with Crippen LogP contribution in [-0.4, -0.2) is 15.9 Å². The van der Waals surface area contributed by atoms with Gasteiger partial charge in [0.25, 0.3) is 11.7 Å². The van der Waals surface area contributed by atoms with E-state index >= 15 is 0 Å². The molecule has 108 valence electrons. The molecule has 0 amide bonds. The number of thiophene rings is 1. The second-order valence-electron chi connectivity index (χ2n) is 4.78. The van der Waals surface area contributed by atoms with Crippen LogP contribution in [0.3, 0.4) is 0 Å². The van der Waals surface area contributed by atoms with Crippen molar-refractivity contribution in [1.29, 1.82) is 0 Å². The van der Waals surface area contributed by atoms with E-state index in [9.17, 15) is 10.1 Å². The molecule has 6 nitrogen and oxygen atoms in total. The summed E-state index contributed by atoms with van der Waals surface area (Å²) in [6, 6.07) is 7.17. The van der Waals surface area contributed by atoms with Crippen molar-refractivity contribution >= 4 is 34.1 Å². The summed E-state index contributed by atoms with van der Waals surface area (Å²) in [5.41, 5.74) is 1.87. The van der Waals surface area contributed by atoms with Gasteiger partial charge in [0.2, 0.25) is 0 Å². The Hall–Kier alpha value is -2.41. The number of hydrogen-bond donors (Lipinski definition) is 1. The van der Waals surface area contributed by atoms with Crippen LogP contribution in [0.1, 0.15) is 12.5 Å². The van der Waals surface area contributed by atoms with E-state index in [1.807, 2.05) is 12.3 Å². The van der Waals surface area contributed by atoms with Gasteiger partial charge >= 0.3 is 0 Å². The van der Waals surface area contributed by atoms with Gasteiger partial charge in [-0.1, -0.05) is 6.07 Å². The fraction of sp³-hybridized carbons (Fsp3) is 0.214. The molecule has 1 atom stereocenters. The van der Waals surface area contributed by atoms with Crippen LogP contribution < -0.4 is 5.32 Å². The van der Waals surface area contributed by atoms with E-state index in [1.165, 1.54) is 11.6 Å². The van der Waals surface area contributed by atoms with Crippen LogP contribution in [-0.2, 0) is 6.42 Å². The molecule has 7 heteroatoms. The van der Waals surface area contributed by atoms with Crippen molar-refractivity contribution < 1.29 is 9.34 Å². The number of hydrogen-bond acceptors (Lipinski definition) is 6. The normalized spacial score (nSPS) is 12.4. The van der Waals surface area contributed by atoms with Crippen molar-refractivity contribution in [1.82, 2.24) is 4.98 Å². The number of para-hydroxylation sites is 1. The molecule has 0 aliphatic rings. The van der Waals surface area contributed by atoms with Gasteiger partial charge in [-0.2, -0.15) is 16.3 Å². The molecular weight excluding hydrogens is 290 g/mol. The summed E-state index contributed by atoms with van der Waals surface area (Å²) < 4.78 is 5.52. The first kappa shape index (κ1) is 13.6. The number of fused-ring (bicyclic) bond motifs is 1. The van der Waals surface area contributed by atoms with Crippen molar-refractivity contribution in [2.75, 3.05) is 5.32 Å². The van der Waals surface area contributed by atoms with Crippen LogP contribution in [0.2, 0.25) is 0 Å². The second-order valence-corrected chi connectivity index (χ2v) is 5.56. The number of benzene rings is 1. The minimum absolute atomic E-state index is 0.0465. The highest BCUT2D eigenvalue weighted by molar-refractivity contribution is 7.07. The highest BCUT2D eigenvalue weighted by Gasteiger charge is 2.18. The predicted octanol–water partition coefficient (Wildman–Crippen LogP) is 3.84. The lowest BCUT2D eigenvalue weighted by Gasteiger charge is -2.10. The smallest absolute Gasteiger partial charge is 0.298 e. The first-order valence-electron chi connectivity index (χ1n) is 6.45. The lowest BCUT2D eigenvalue weighted by atomic mass is 10.1. The van der Waals surface area contributed by atoms with E-state index in [2.05, 4.69) is 21.7 Å². The maximum Gasteiger partial charge on any atom is 0.298 e. The molecule has 1 aromatic carbocycles. The molecule has 0 aliphatic carbocycles. The number of nitrogens with zero attached hydrogens (tertiary/aromatic N) is 2. The van der Waals surface area contributed by atoms with E-state index in [0.29, 0.717) is 11.6 Å². The van der Waals surface area contributed by atoms with Crippen LogP contribution in [0.15, 0.2) is 39.4 Å². The zero-order valence-corrected chi connectivity index (χ0v) is 12.1. The van der Waals surface area contributed by atoms with Crippen LogP contribution in [0, 0.1) is 10.1 Å². The third-order valence-electron chi connectivity index (χ3n) is 3.09. The lowest BCUT2D eigenvalue weighted by Crippen LogP contribution is -2.17. The van der Waals surface area contributed by atoms with Gasteiger partial charge in [0.05, 0.1) is 4.92 Å². The molecule has 0 saturated heterocycles. The molecule has 0 saturated carbocycles. The highest BCUT2D eigenvalue weighted by atomic mass is 32.1. The maximum absolute atomic E-state index is 11.0. The van der Waals surface area contributed by atoms with Crippen molar-refractivity contribution in [3.63, 3.8) is 0 Å². The minimum atomic E-state index is -0.455. The third kappa shape index (κ3) is 2.87. The summed E-state index contributed by atoms with van der Waals surface area (Å²) in [6.07, 6.45) is 0.838. The van der Waals surface area contributed by atoms with Crippen LogP contribution in [0.25, 0.3) is 11.1 Å². The highest BCUT2D eigenvalue weighted by Crippen LogP contribution is 2.27. The summed E-state index contributed by atoms with van der Waals surface area (Å²) in [5, 5.41) is 18.2. The Kier molecular flexibility index (Phi) is 3.57. The molecule has 1 unspecified atom stereocenters. The molecule has 0 aliphatic heterocycles. The average molecular weight is 303 g/mol. The van der Waals surface area contributed by atoms with Gasteiger partial charge in [-0.15, -0.1) is 0 Å². The molecular formula is C14H13N3O3S. The van der Waals surface area contributed by atoms with Crippen LogP contribution in [0.5, 0.6) is 0 Å². The molecule has 0 bridgehead atoms. The SMILES string of the molecule is CC(Cc1ccsc1)Nc1nc2c([N+](=O)[O-])cccc2o1. The zero-order chi connectivity index (χ0) is 14.8. The molecule has 1 N–H and O–H groups in total. The predicted molar refractivity (Wildman–Crippen MR) is 81.8 cm³/mol. The quantitative estimate of drug-likeness (QED) is 0.572. The van der Waals surface area contributed by atoms with Gasteiger partial charge < -0.3 is 9.73 Å². The fourth-order valence-electron chi connectivity index (χ4n) is 2.17. The number of non-ortho nitro benzene ring substituents is 1. The molecule has 3 aromatic rings. The largest absolute Gasteiger partial charge is 0.423 e. The molecule has 0 spiro atoms. The zero-order valence-electron chi connectivity index (χ0n) is 11.3. The Balaban J connectivity index is 1.81. The minimum Gasteiger partial charge on any atom is -0.423 e. The van der Waals surface area contributed by atoms with Gasteiger partial charge in [-0.25, -0.2) is 0 Å². The van der Waals surface area contributed by atoms with Gasteiger partial charge in [-0.3, -0.25) is 10.1 Å². The van der Waals surface area contributed by atoms with E-state index in [1.54, 1.807) is 23.5 Å². The summed E-state index contributed by atoms with van der Waals surface area (Å²) >= 11 is 1.66. The number of nitrogens with one attached hydrogen (secondary N) is 1. The first-order valence-corrected chi connectivity index (χ1v) is 7.39. The Morgan fingerprint density at radius 2 is 2.33 bits per heavy atom. The molecule has 0 fully saturated rings. The standard InChI is InChI=1S/C14H13N3O3S/c1-9(7-10-5-6-21-8-10)15-14-16-13-11(17(18)19)3-2-4-12(13)20-14/h2-6,8-9H,7H2,1H3,(H,15,16). The average Bonchev–Trinajstić information content (AvgIpc) is 3.06. The summed E-state index contributed by atoms with van der Waals surface area (Å²) in [6.45, 7) is 2.01. The number of anilines is 1. The van der Waals surface area contributed by atoms with Crippen molar-refractivity contribution in [2.24, 2.45) is 0 Å². The van der Waals surface area contributed by atoms with Gasteiger partial charge in [0, 0.05) is 12.1 Å². The lowest BCUT2D eigenvalue weighted by molar-refractivity contribution is -0.383. The number of oxazole rings is 1. The number of rotatable bonds is 5. The summed E-state index contributed by atoms with van der Waals surface area (Å²) in [5.74, 6) is 0. The first-order chi connectivity index (χ1) is 10.1. The molecule has 21 heavy (non-hydrogen) atoms. The summed E-state index contributed by atoms with van der Waals surface area (Å²) in [4.78, 5) is 14.7.